The van der Waals surface area contributed by atoms with Crippen molar-refractivity contribution in [1.82, 2.24) is 4.90 Å². The highest BCUT2D eigenvalue weighted by atomic mass is 16.2. The van der Waals surface area contributed by atoms with Gasteiger partial charge in [-0.05, 0) is 30.5 Å². The number of hydrogen-bond donors (Lipinski definition) is 2. The van der Waals surface area contributed by atoms with Crippen molar-refractivity contribution in [1.29, 1.82) is 0 Å². The molecule has 108 valence electrons. The van der Waals surface area contributed by atoms with E-state index in [0.717, 1.165) is 31.5 Å². The monoisotopic (exact) mass is 275 g/mol. The van der Waals surface area contributed by atoms with E-state index in [9.17, 15) is 9.59 Å². The van der Waals surface area contributed by atoms with Crippen LogP contribution in [0.1, 0.15) is 35.7 Å². The summed E-state index contributed by atoms with van der Waals surface area (Å²) in [6, 6.07) is 5.67. The van der Waals surface area contributed by atoms with Gasteiger partial charge in [-0.2, -0.15) is 0 Å². The first kappa shape index (κ1) is 14.4. The Morgan fingerprint density at radius 3 is 2.90 bits per heavy atom. The summed E-state index contributed by atoms with van der Waals surface area (Å²) in [7, 11) is 0. The van der Waals surface area contributed by atoms with Gasteiger partial charge in [-0.15, -0.1) is 0 Å². The van der Waals surface area contributed by atoms with Crippen LogP contribution in [-0.2, 0) is 11.2 Å². The van der Waals surface area contributed by atoms with E-state index < -0.39 is 5.91 Å². The van der Waals surface area contributed by atoms with Crippen molar-refractivity contribution in [2.24, 2.45) is 5.73 Å². The molecule has 2 rings (SSSR count). The molecular weight excluding hydrogens is 254 g/mol. The van der Waals surface area contributed by atoms with Crippen LogP contribution < -0.4 is 11.1 Å². The van der Waals surface area contributed by atoms with Gasteiger partial charge in [0.2, 0.25) is 5.91 Å². The van der Waals surface area contributed by atoms with Crippen LogP contribution in [0.25, 0.3) is 0 Å². The van der Waals surface area contributed by atoms with Crippen LogP contribution in [0, 0.1) is 0 Å². The number of unbranched alkanes of at least 4 members (excludes halogenated alkanes) is 1. The maximum atomic E-state index is 12.5. The summed E-state index contributed by atoms with van der Waals surface area (Å²) >= 11 is 0. The van der Waals surface area contributed by atoms with Crippen LogP contribution >= 0.6 is 0 Å². The summed E-state index contributed by atoms with van der Waals surface area (Å²) < 4.78 is 0. The zero-order valence-electron chi connectivity index (χ0n) is 11.8. The molecule has 5 nitrogen and oxygen atoms in total. The van der Waals surface area contributed by atoms with E-state index >= 15 is 0 Å². The lowest BCUT2D eigenvalue weighted by molar-refractivity contribution is -0.118. The number of nitrogens with two attached hydrogens (primary N) is 1. The number of nitrogens with one attached hydrogen (secondary N) is 1. The molecule has 1 aromatic rings. The number of benzene rings is 1. The molecule has 1 aliphatic heterocycles. The lowest BCUT2D eigenvalue weighted by Crippen LogP contribution is -2.39. The highest BCUT2D eigenvalue weighted by molar-refractivity contribution is 5.97. The lowest BCUT2D eigenvalue weighted by Gasteiger charge is -2.21. The zero-order valence-corrected chi connectivity index (χ0v) is 11.8. The summed E-state index contributed by atoms with van der Waals surface area (Å²) in [5.41, 5.74) is 8.08. The molecule has 0 bridgehead atoms. The normalized spacial score (nSPS) is 12.7. The largest absolute Gasteiger partial charge is 0.384 e. The van der Waals surface area contributed by atoms with Crippen molar-refractivity contribution in [3.05, 3.63) is 29.3 Å². The molecule has 0 saturated heterocycles. The molecule has 20 heavy (non-hydrogen) atoms. The number of fused-ring (bicyclic) bond motifs is 1. The van der Waals surface area contributed by atoms with E-state index in [-0.39, 0.29) is 12.5 Å². The predicted molar refractivity (Wildman–Crippen MR) is 78.6 cm³/mol. The fraction of sp³-hybridized carbons (Fsp3) is 0.467. The maximum absolute atomic E-state index is 12.5. The van der Waals surface area contributed by atoms with Crippen LogP contribution in [0.4, 0.5) is 5.69 Å². The smallest absolute Gasteiger partial charge is 0.254 e. The quantitative estimate of drug-likeness (QED) is 0.823. The second kappa shape index (κ2) is 6.41. The number of carbonyl (C=O) groups is 2. The SMILES string of the molecule is CCCCN(CC(N)=O)C(=O)c1ccc2c(c1)NCC2. The van der Waals surface area contributed by atoms with Crippen molar-refractivity contribution in [2.45, 2.75) is 26.2 Å². The van der Waals surface area contributed by atoms with E-state index in [1.54, 1.807) is 0 Å². The number of anilines is 1. The summed E-state index contributed by atoms with van der Waals surface area (Å²) in [6.07, 6.45) is 2.82. The van der Waals surface area contributed by atoms with Crippen LogP contribution in [-0.4, -0.2) is 36.3 Å². The molecule has 0 unspecified atom stereocenters. The average Bonchev–Trinajstić information content (AvgIpc) is 2.89. The third-order valence-corrected chi connectivity index (χ3v) is 3.48. The maximum Gasteiger partial charge on any atom is 0.254 e. The number of amides is 2. The van der Waals surface area contributed by atoms with Gasteiger partial charge in [0.25, 0.3) is 5.91 Å². The van der Waals surface area contributed by atoms with Crippen LogP contribution in [0.2, 0.25) is 0 Å². The predicted octanol–water partition coefficient (Wildman–Crippen LogP) is 1.38. The molecule has 5 heteroatoms. The molecule has 0 saturated carbocycles. The second-order valence-corrected chi connectivity index (χ2v) is 5.10. The Labute approximate surface area is 119 Å². The molecule has 0 atom stereocenters. The van der Waals surface area contributed by atoms with Crippen LogP contribution in [0.5, 0.6) is 0 Å². The molecule has 0 aliphatic carbocycles. The molecule has 3 N–H and O–H groups in total. The van der Waals surface area contributed by atoms with Crippen LogP contribution in [0.3, 0.4) is 0 Å². The van der Waals surface area contributed by atoms with E-state index in [2.05, 4.69) is 5.32 Å². The number of rotatable bonds is 6. The molecule has 1 heterocycles. The van der Waals surface area contributed by atoms with Gasteiger partial charge in [0, 0.05) is 24.3 Å². The highest BCUT2D eigenvalue weighted by Crippen LogP contribution is 2.23. The minimum absolute atomic E-state index is 0.0245. The summed E-state index contributed by atoms with van der Waals surface area (Å²) in [5, 5.41) is 3.26. The van der Waals surface area contributed by atoms with Gasteiger partial charge in [0.15, 0.2) is 0 Å². The van der Waals surface area contributed by atoms with Gasteiger partial charge in [0.05, 0.1) is 6.54 Å². The number of carbonyl (C=O) groups excluding carboxylic acids is 2. The number of nitrogens with zero attached hydrogens (tertiary/aromatic N) is 1. The summed E-state index contributed by atoms with van der Waals surface area (Å²) in [5.74, 6) is -0.609. The van der Waals surface area contributed by atoms with Gasteiger partial charge in [-0.3, -0.25) is 9.59 Å². The lowest BCUT2D eigenvalue weighted by atomic mass is 10.1. The zero-order chi connectivity index (χ0) is 14.5. The van der Waals surface area contributed by atoms with E-state index in [1.807, 2.05) is 25.1 Å². The summed E-state index contributed by atoms with van der Waals surface area (Å²) in [4.78, 5) is 25.1. The van der Waals surface area contributed by atoms with Gasteiger partial charge in [-0.1, -0.05) is 19.4 Å². The Morgan fingerprint density at radius 2 is 2.20 bits per heavy atom. The minimum atomic E-state index is -0.478. The Kier molecular flexibility index (Phi) is 4.61. The minimum Gasteiger partial charge on any atom is -0.384 e. The van der Waals surface area contributed by atoms with Crippen molar-refractivity contribution in [3.8, 4) is 0 Å². The average molecular weight is 275 g/mol. The first-order chi connectivity index (χ1) is 9.61. The standard InChI is InChI=1S/C15H21N3O2/c1-2-3-8-18(10-14(16)19)15(20)12-5-4-11-6-7-17-13(11)9-12/h4-5,9,17H,2-3,6-8,10H2,1H3,(H2,16,19). The molecular formula is C15H21N3O2. The summed E-state index contributed by atoms with van der Waals surface area (Å²) in [6.45, 7) is 3.49. The fourth-order valence-corrected chi connectivity index (χ4v) is 2.40. The van der Waals surface area contributed by atoms with E-state index in [0.29, 0.717) is 12.1 Å². The second-order valence-electron chi connectivity index (χ2n) is 5.10. The third-order valence-electron chi connectivity index (χ3n) is 3.48. The van der Waals surface area contributed by atoms with Crippen LogP contribution in [0.15, 0.2) is 18.2 Å². The van der Waals surface area contributed by atoms with Gasteiger partial charge in [0.1, 0.15) is 0 Å². The molecule has 0 spiro atoms. The number of hydrogen-bond acceptors (Lipinski definition) is 3. The molecule has 0 radical (unpaired) electrons. The highest BCUT2D eigenvalue weighted by Gasteiger charge is 2.19. The first-order valence-electron chi connectivity index (χ1n) is 7.06. The topological polar surface area (TPSA) is 75.4 Å². The Balaban J connectivity index is 2.15. The molecule has 0 fully saturated rings. The van der Waals surface area contributed by atoms with E-state index in [1.165, 1.54) is 10.5 Å². The molecule has 1 aliphatic rings. The van der Waals surface area contributed by atoms with Crippen molar-refractivity contribution < 1.29 is 9.59 Å². The Hall–Kier alpha value is -2.04. The fourth-order valence-electron chi connectivity index (χ4n) is 2.40. The first-order valence-corrected chi connectivity index (χ1v) is 7.06. The number of primary amides is 1. The van der Waals surface area contributed by atoms with Crippen molar-refractivity contribution in [2.75, 3.05) is 25.0 Å². The third kappa shape index (κ3) is 3.29. The van der Waals surface area contributed by atoms with Gasteiger partial charge >= 0.3 is 0 Å². The molecule has 1 aromatic carbocycles. The Morgan fingerprint density at radius 1 is 1.40 bits per heavy atom. The van der Waals surface area contributed by atoms with Gasteiger partial charge < -0.3 is 16.0 Å². The van der Waals surface area contributed by atoms with E-state index in [4.69, 9.17) is 5.73 Å². The molecule has 0 aromatic heterocycles. The van der Waals surface area contributed by atoms with Crippen molar-refractivity contribution in [3.63, 3.8) is 0 Å². The Bertz CT molecular complexity index is 514. The van der Waals surface area contributed by atoms with Crippen molar-refractivity contribution >= 4 is 17.5 Å². The molecule has 2 amide bonds. The van der Waals surface area contributed by atoms with Gasteiger partial charge in [-0.25, -0.2) is 0 Å².